The van der Waals surface area contributed by atoms with Gasteiger partial charge < -0.3 is 10.4 Å². The highest BCUT2D eigenvalue weighted by Gasteiger charge is 2.31. The first-order valence-corrected chi connectivity index (χ1v) is 9.77. The summed E-state index contributed by atoms with van der Waals surface area (Å²) in [6, 6.07) is 10.6. The van der Waals surface area contributed by atoms with Crippen LogP contribution in [0.25, 0.3) is 5.65 Å². The number of fused-ring (bicyclic) bond motifs is 1. The number of halogens is 2. The van der Waals surface area contributed by atoms with Crippen LogP contribution in [0, 0.1) is 0 Å². The van der Waals surface area contributed by atoms with E-state index in [0.717, 1.165) is 4.88 Å². The molecule has 0 saturated heterocycles. The van der Waals surface area contributed by atoms with E-state index in [0.29, 0.717) is 27.1 Å². The molecule has 1 amide bonds. The maximum atomic E-state index is 12.8. The molecule has 0 bridgehead atoms. The minimum Gasteiger partial charge on any atom is -0.474 e. The van der Waals surface area contributed by atoms with E-state index < -0.39 is 5.91 Å². The van der Waals surface area contributed by atoms with Gasteiger partial charge in [-0.05, 0) is 34.1 Å². The Morgan fingerprint density at radius 2 is 2.19 bits per heavy atom. The third-order valence-electron chi connectivity index (χ3n) is 3.83. The van der Waals surface area contributed by atoms with Crippen LogP contribution in [-0.4, -0.2) is 25.5 Å². The Morgan fingerprint density at radius 3 is 2.93 bits per heavy atom. The van der Waals surface area contributed by atoms with E-state index in [1.807, 2.05) is 12.1 Å². The molecule has 0 aliphatic carbocycles. The summed E-state index contributed by atoms with van der Waals surface area (Å²) in [7, 11) is 0. The van der Waals surface area contributed by atoms with Gasteiger partial charge in [0, 0.05) is 12.3 Å². The van der Waals surface area contributed by atoms with Crippen LogP contribution in [0.3, 0.4) is 0 Å². The Bertz CT molecular complexity index is 1160. The summed E-state index contributed by atoms with van der Waals surface area (Å²) in [6.45, 7) is 0.339. The van der Waals surface area contributed by atoms with E-state index >= 15 is 0 Å². The number of carbonyl (C=O) groups is 1. The normalized spacial score (nSPS) is 11.0. The number of imidazole rings is 1. The van der Waals surface area contributed by atoms with Gasteiger partial charge in [0.15, 0.2) is 4.47 Å². The number of nitrogens with zero attached hydrogens (tertiary/aromatic N) is 4. The topological polar surface area (TPSA) is 84.1 Å². The maximum absolute atomic E-state index is 12.8. The van der Waals surface area contributed by atoms with Crippen molar-refractivity contribution in [1.82, 2.24) is 14.5 Å². The van der Waals surface area contributed by atoms with Crippen LogP contribution >= 0.6 is 38.9 Å². The number of hydrogen-bond donors (Lipinski definition) is 2. The number of amides is 1. The monoisotopic (exact) mass is 464 g/mol. The largest absolute Gasteiger partial charge is 0.474 e. The zero-order valence-corrected chi connectivity index (χ0v) is 16.8. The lowest BCUT2D eigenvalue weighted by Gasteiger charge is -2.02. The van der Waals surface area contributed by atoms with Crippen molar-refractivity contribution in [3.63, 3.8) is 0 Å². The minimum absolute atomic E-state index is 0.114. The molecular formula is C17H12BrClN5O2S+. The van der Waals surface area contributed by atoms with Crippen molar-refractivity contribution in [2.75, 3.05) is 5.32 Å². The number of aromatic nitrogens is 4. The van der Waals surface area contributed by atoms with E-state index in [9.17, 15) is 9.90 Å². The van der Waals surface area contributed by atoms with Gasteiger partial charge in [-0.25, -0.2) is 9.97 Å². The molecule has 4 aromatic heterocycles. The van der Waals surface area contributed by atoms with Crippen LogP contribution in [0.2, 0.25) is 4.47 Å². The van der Waals surface area contributed by atoms with Crippen molar-refractivity contribution in [2.45, 2.75) is 6.54 Å². The first-order chi connectivity index (χ1) is 13.0. The highest BCUT2D eigenvalue weighted by molar-refractivity contribution is 9.10. The molecule has 0 aliphatic rings. The fraction of sp³-hybridized carbons (Fsp3) is 0.0588. The third kappa shape index (κ3) is 3.53. The minimum atomic E-state index is -0.472. The second-order valence-corrected chi connectivity index (χ2v) is 8.08. The van der Waals surface area contributed by atoms with Crippen molar-refractivity contribution in [1.29, 1.82) is 0 Å². The van der Waals surface area contributed by atoms with E-state index in [1.165, 1.54) is 11.3 Å². The summed E-state index contributed by atoms with van der Waals surface area (Å²) in [6.07, 6.45) is 3.37. The number of carbonyl (C=O) groups excluding carboxylic acids is 1. The van der Waals surface area contributed by atoms with Gasteiger partial charge in [0.05, 0.1) is 11.1 Å². The van der Waals surface area contributed by atoms with Crippen LogP contribution < -0.4 is 9.72 Å². The second kappa shape index (κ2) is 7.26. The number of rotatable bonds is 4. The number of aromatic hydroxyl groups is 1. The van der Waals surface area contributed by atoms with E-state index in [1.54, 1.807) is 45.6 Å². The molecule has 10 heteroatoms. The molecule has 0 unspecified atom stereocenters. The lowest BCUT2D eigenvalue weighted by Crippen LogP contribution is -2.30. The van der Waals surface area contributed by atoms with Crippen LogP contribution in [-0.2, 0) is 6.54 Å². The van der Waals surface area contributed by atoms with Crippen LogP contribution in [0.15, 0.2) is 53.4 Å². The molecule has 0 aliphatic heterocycles. The molecule has 7 nitrogen and oxygen atoms in total. The molecule has 4 aromatic rings. The van der Waals surface area contributed by atoms with Crippen molar-refractivity contribution in [3.8, 4) is 5.88 Å². The Balaban J connectivity index is 1.76. The third-order valence-corrected chi connectivity index (χ3v) is 5.38. The molecule has 0 saturated carbocycles. The lowest BCUT2D eigenvalue weighted by molar-refractivity contribution is -0.513. The van der Waals surface area contributed by atoms with Gasteiger partial charge >= 0.3 is 11.8 Å². The molecule has 0 spiro atoms. The zero-order chi connectivity index (χ0) is 19.0. The maximum Gasteiger partial charge on any atom is 0.337 e. The van der Waals surface area contributed by atoms with Crippen molar-refractivity contribution < 1.29 is 14.3 Å². The first kappa shape index (κ1) is 17.9. The van der Waals surface area contributed by atoms with Gasteiger partial charge in [0.25, 0.3) is 11.3 Å². The summed E-state index contributed by atoms with van der Waals surface area (Å²) < 4.78 is 4.28. The van der Waals surface area contributed by atoms with Crippen LogP contribution in [0.5, 0.6) is 5.88 Å². The van der Waals surface area contributed by atoms with E-state index in [-0.39, 0.29) is 11.6 Å². The summed E-state index contributed by atoms with van der Waals surface area (Å²) in [5.74, 6) is -0.251. The zero-order valence-electron chi connectivity index (χ0n) is 13.6. The fourth-order valence-corrected chi connectivity index (χ4v) is 4.03. The molecule has 0 atom stereocenters. The van der Waals surface area contributed by atoms with Crippen molar-refractivity contribution >= 4 is 56.2 Å². The Labute approximate surface area is 171 Å². The molecule has 4 rings (SSSR count). The first-order valence-electron chi connectivity index (χ1n) is 7.79. The highest BCUT2D eigenvalue weighted by atomic mass is 79.9. The summed E-state index contributed by atoms with van der Waals surface area (Å²) >= 11 is 10.5. The predicted octanol–water partition coefficient (Wildman–Crippen LogP) is 3.50. The summed E-state index contributed by atoms with van der Waals surface area (Å²) in [4.78, 5) is 21.9. The second-order valence-electron chi connectivity index (χ2n) is 5.57. The predicted molar refractivity (Wildman–Crippen MR) is 105 cm³/mol. The molecule has 4 heterocycles. The quantitative estimate of drug-likeness (QED) is 0.357. The molecule has 0 radical (unpaired) electrons. The molecule has 27 heavy (non-hydrogen) atoms. The molecule has 136 valence electrons. The van der Waals surface area contributed by atoms with E-state index in [2.05, 4.69) is 31.2 Å². The number of anilines is 1. The molecule has 0 fully saturated rings. The van der Waals surface area contributed by atoms with Gasteiger partial charge in [-0.2, -0.15) is 8.97 Å². The van der Waals surface area contributed by atoms with Crippen molar-refractivity contribution in [3.05, 3.63) is 68.4 Å². The highest BCUT2D eigenvalue weighted by Crippen LogP contribution is 2.25. The Morgan fingerprint density at radius 1 is 1.33 bits per heavy atom. The Kier molecular flexibility index (Phi) is 4.81. The standard InChI is InChI=1S/C17H11BrClN5O2S/c18-11-4-3-5-12(21-11)22-15(25)14-16(26)24(9-10-8-20-17(19)27-10)13-6-1-2-7-23(13)14/h1-8H,9H2,(H-,21,22,25,26)/p+1. The number of thiazole rings is 1. The smallest absolute Gasteiger partial charge is 0.337 e. The average Bonchev–Trinajstić information content (AvgIpc) is 3.17. The summed E-state index contributed by atoms with van der Waals surface area (Å²) in [5.41, 5.74) is 0.773. The Hall–Kier alpha value is -2.49. The molecule has 0 aromatic carbocycles. The van der Waals surface area contributed by atoms with Gasteiger partial charge in [-0.1, -0.05) is 23.7 Å². The number of pyridine rings is 2. The SMILES string of the molecule is O=C(Nc1cccc(Br)n1)c1c(O)n(Cc2cnc(Cl)s2)c2cccc[n+]12. The van der Waals surface area contributed by atoms with Crippen LogP contribution in [0.1, 0.15) is 15.4 Å². The van der Waals surface area contributed by atoms with Crippen molar-refractivity contribution in [2.24, 2.45) is 0 Å². The van der Waals surface area contributed by atoms with Gasteiger partial charge in [-0.3, -0.25) is 4.79 Å². The van der Waals surface area contributed by atoms with Gasteiger partial charge in [-0.15, -0.1) is 11.3 Å². The van der Waals surface area contributed by atoms with Gasteiger partial charge in [0.1, 0.15) is 17.0 Å². The average molecular weight is 466 g/mol. The van der Waals surface area contributed by atoms with E-state index in [4.69, 9.17) is 11.6 Å². The molecular weight excluding hydrogens is 454 g/mol. The number of hydrogen-bond acceptors (Lipinski definition) is 5. The summed E-state index contributed by atoms with van der Waals surface area (Å²) in [5, 5.41) is 13.5. The number of nitrogens with one attached hydrogen (secondary N) is 1. The molecule has 2 N–H and O–H groups in total. The fourth-order valence-electron chi connectivity index (χ4n) is 2.72. The van der Waals surface area contributed by atoms with Gasteiger partial charge in [0.2, 0.25) is 0 Å². The van der Waals surface area contributed by atoms with Crippen LogP contribution in [0.4, 0.5) is 5.82 Å². The lowest BCUT2D eigenvalue weighted by atomic mass is 10.4.